The molecule has 0 aromatic rings. The molecule has 0 saturated heterocycles. The lowest BCUT2D eigenvalue weighted by Crippen LogP contribution is -1.99. The van der Waals surface area contributed by atoms with Gasteiger partial charge in [0.15, 0.2) is 0 Å². The van der Waals surface area contributed by atoms with E-state index in [9.17, 15) is 10.1 Å². The van der Waals surface area contributed by atoms with Crippen LogP contribution in [0.5, 0.6) is 0 Å². The molecule has 0 aromatic carbocycles. The Hall–Kier alpha value is -1.38. The first-order valence-corrected chi connectivity index (χ1v) is 7.84. The SMILES string of the molecule is CCCCC/C=C\C/C=C\C/C=C\CCCC[N+](=O)[O-]. The average molecular weight is 279 g/mol. The summed E-state index contributed by atoms with van der Waals surface area (Å²) in [7, 11) is 0. The van der Waals surface area contributed by atoms with Gasteiger partial charge in [0.25, 0.3) is 0 Å². The minimum atomic E-state index is -0.248. The molecule has 0 aliphatic rings. The van der Waals surface area contributed by atoms with Gasteiger partial charge in [-0.1, -0.05) is 56.2 Å². The van der Waals surface area contributed by atoms with Gasteiger partial charge in [0, 0.05) is 11.3 Å². The molecule has 114 valence electrons. The summed E-state index contributed by atoms with van der Waals surface area (Å²) in [6.45, 7) is 2.32. The van der Waals surface area contributed by atoms with Gasteiger partial charge in [-0.05, 0) is 38.5 Å². The Bertz CT molecular complexity index is 306. The summed E-state index contributed by atoms with van der Waals surface area (Å²) in [6.07, 6.45) is 22.7. The highest BCUT2D eigenvalue weighted by Gasteiger charge is 1.93. The molecule has 0 bridgehead atoms. The molecule has 0 rings (SSSR count). The maximum atomic E-state index is 10.1. The Morgan fingerprint density at radius 3 is 1.80 bits per heavy atom. The van der Waals surface area contributed by atoms with Gasteiger partial charge in [0.1, 0.15) is 0 Å². The molecule has 0 amide bonds. The summed E-state index contributed by atoms with van der Waals surface area (Å²) in [4.78, 5) is 9.86. The van der Waals surface area contributed by atoms with E-state index in [4.69, 9.17) is 0 Å². The molecular formula is C17H29NO2. The Balaban J connectivity index is 3.32. The summed E-state index contributed by atoms with van der Waals surface area (Å²) in [5, 5.41) is 10.1. The van der Waals surface area contributed by atoms with Crippen LogP contribution in [-0.2, 0) is 0 Å². The Morgan fingerprint density at radius 2 is 1.30 bits per heavy atom. The highest BCUT2D eigenvalue weighted by atomic mass is 16.6. The largest absolute Gasteiger partial charge is 0.265 e. The van der Waals surface area contributed by atoms with Crippen LogP contribution in [0, 0.1) is 10.1 Å². The smallest absolute Gasteiger partial charge is 0.203 e. The number of nitrogens with zero attached hydrogens (tertiary/aromatic N) is 1. The molecule has 0 unspecified atom stereocenters. The molecule has 0 N–H and O–H groups in total. The van der Waals surface area contributed by atoms with Gasteiger partial charge in [-0.15, -0.1) is 0 Å². The molecule has 0 aliphatic heterocycles. The van der Waals surface area contributed by atoms with Crippen molar-refractivity contribution in [1.29, 1.82) is 0 Å². The standard InChI is InChI=1S/C17H29NO2/c1-2-3-4-5-6-7-8-9-10-11-12-13-14-15-16-17-18(19)20/h6-7,9-10,12-13H,2-5,8,11,14-17H2,1H3/b7-6-,10-9-,13-12-. The van der Waals surface area contributed by atoms with Crippen molar-refractivity contribution in [1.82, 2.24) is 0 Å². The number of unbranched alkanes of at least 4 members (excludes halogenated alkanes) is 5. The van der Waals surface area contributed by atoms with Crippen molar-refractivity contribution in [2.45, 2.75) is 64.7 Å². The van der Waals surface area contributed by atoms with Gasteiger partial charge in [-0.25, -0.2) is 0 Å². The molecule has 0 aliphatic carbocycles. The fourth-order valence-electron chi connectivity index (χ4n) is 1.79. The zero-order valence-electron chi connectivity index (χ0n) is 12.8. The van der Waals surface area contributed by atoms with Gasteiger partial charge in [0.2, 0.25) is 6.54 Å². The number of hydrogen-bond donors (Lipinski definition) is 0. The van der Waals surface area contributed by atoms with E-state index in [1.54, 1.807) is 0 Å². The fourth-order valence-corrected chi connectivity index (χ4v) is 1.79. The predicted octanol–water partition coefficient (Wildman–Crippen LogP) is 5.46. The highest BCUT2D eigenvalue weighted by Crippen LogP contribution is 2.01. The van der Waals surface area contributed by atoms with Gasteiger partial charge in [-0.2, -0.15) is 0 Å². The van der Waals surface area contributed by atoms with Crippen molar-refractivity contribution in [2.75, 3.05) is 6.54 Å². The quantitative estimate of drug-likeness (QED) is 0.194. The van der Waals surface area contributed by atoms with Gasteiger partial charge in [0.05, 0.1) is 0 Å². The second-order valence-electron chi connectivity index (χ2n) is 4.93. The maximum absolute atomic E-state index is 10.1. The van der Waals surface area contributed by atoms with Crippen LogP contribution >= 0.6 is 0 Å². The summed E-state index contributed by atoms with van der Waals surface area (Å²) in [5.74, 6) is 0. The Kier molecular flexibility index (Phi) is 14.6. The van der Waals surface area contributed by atoms with Crippen molar-refractivity contribution in [2.24, 2.45) is 0 Å². The second kappa shape index (κ2) is 15.7. The lowest BCUT2D eigenvalue weighted by atomic mass is 10.2. The zero-order chi connectivity index (χ0) is 14.9. The molecule has 0 spiro atoms. The molecule has 0 aromatic heterocycles. The fraction of sp³-hybridized carbons (Fsp3) is 0.647. The molecule has 0 heterocycles. The normalized spacial score (nSPS) is 12.1. The van der Waals surface area contributed by atoms with E-state index < -0.39 is 0 Å². The van der Waals surface area contributed by atoms with E-state index in [0.717, 1.165) is 25.7 Å². The third kappa shape index (κ3) is 16.6. The van der Waals surface area contributed by atoms with E-state index in [2.05, 4.69) is 43.4 Å². The van der Waals surface area contributed by atoms with Gasteiger partial charge >= 0.3 is 0 Å². The third-order valence-electron chi connectivity index (χ3n) is 2.98. The van der Waals surface area contributed by atoms with Crippen molar-refractivity contribution >= 4 is 0 Å². The van der Waals surface area contributed by atoms with E-state index >= 15 is 0 Å². The monoisotopic (exact) mass is 279 g/mol. The van der Waals surface area contributed by atoms with Crippen LogP contribution in [0.25, 0.3) is 0 Å². The van der Waals surface area contributed by atoms with Crippen LogP contribution in [0.3, 0.4) is 0 Å². The molecule has 20 heavy (non-hydrogen) atoms. The Morgan fingerprint density at radius 1 is 0.800 bits per heavy atom. The highest BCUT2D eigenvalue weighted by molar-refractivity contribution is 4.97. The first-order chi connectivity index (χ1) is 9.77. The number of rotatable bonds is 13. The topological polar surface area (TPSA) is 43.1 Å². The summed E-state index contributed by atoms with van der Waals surface area (Å²) < 4.78 is 0. The minimum absolute atomic E-state index is 0.0956. The average Bonchev–Trinajstić information content (AvgIpc) is 2.43. The van der Waals surface area contributed by atoms with Crippen LogP contribution in [-0.4, -0.2) is 11.5 Å². The van der Waals surface area contributed by atoms with Crippen molar-refractivity contribution in [3.8, 4) is 0 Å². The van der Waals surface area contributed by atoms with E-state index in [1.807, 2.05) is 0 Å². The minimum Gasteiger partial charge on any atom is -0.265 e. The lowest BCUT2D eigenvalue weighted by Gasteiger charge is -1.91. The molecule has 0 fully saturated rings. The molecule has 3 nitrogen and oxygen atoms in total. The first-order valence-electron chi connectivity index (χ1n) is 7.84. The van der Waals surface area contributed by atoms with E-state index in [0.29, 0.717) is 6.42 Å². The van der Waals surface area contributed by atoms with Crippen molar-refractivity contribution in [3.63, 3.8) is 0 Å². The lowest BCUT2D eigenvalue weighted by molar-refractivity contribution is -0.480. The van der Waals surface area contributed by atoms with Crippen molar-refractivity contribution in [3.05, 3.63) is 46.6 Å². The molecule has 0 radical (unpaired) electrons. The number of nitro groups is 1. The van der Waals surface area contributed by atoms with Crippen LogP contribution < -0.4 is 0 Å². The van der Waals surface area contributed by atoms with Crippen LogP contribution in [0.1, 0.15) is 64.7 Å². The van der Waals surface area contributed by atoms with Crippen LogP contribution in [0.2, 0.25) is 0 Å². The second-order valence-corrected chi connectivity index (χ2v) is 4.93. The Labute approximate surface area is 123 Å². The van der Waals surface area contributed by atoms with E-state index in [-0.39, 0.29) is 11.5 Å². The molecule has 3 heteroatoms. The molecule has 0 saturated carbocycles. The van der Waals surface area contributed by atoms with Gasteiger partial charge in [-0.3, -0.25) is 10.1 Å². The third-order valence-corrected chi connectivity index (χ3v) is 2.98. The predicted molar refractivity (Wildman–Crippen MR) is 86.5 cm³/mol. The number of hydrogen-bond acceptors (Lipinski definition) is 2. The summed E-state index contributed by atoms with van der Waals surface area (Å²) in [6, 6.07) is 0. The summed E-state index contributed by atoms with van der Waals surface area (Å²) in [5.41, 5.74) is 0. The number of allylic oxidation sites excluding steroid dienone is 6. The maximum Gasteiger partial charge on any atom is 0.203 e. The van der Waals surface area contributed by atoms with Crippen LogP contribution in [0.15, 0.2) is 36.5 Å². The van der Waals surface area contributed by atoms with E-state index in [1.165, 1.54) is 25.7 Å². The van der Waals surface area contributed by atoms with Gasteiger partial charge < -0.3 is 0 Å². The molecule has 0 atom stereocenters. The first kappa shape index (κ1) is 18.6. The van der Waals surface area contributed by atoms with Crippen LogP contribution in [0.4, 0.5) is 0 Å². The molecular weight excluding hydrogens is 250 g/mol. The van der Waals surface area contributed by atoms with Crippen molar-refractivity contribution < 1.29 is 4.92 Å². The summed E-state index contributed by atoms with van der Waals surface area (Å²) >= 11 is 0. The zero-order valence-corrected chi connectivity index (χ0v) is 12.8.